The van der Waals surface area contributed by atoms with E-state index in [0.29, 0.717) is 6.61 Å². The molecule has 1 atom stereocenters. The summed E-state index contributed by atoms with van der Waals surface area (Å²) >= 11 is 0. The van der Waals surface area contributed by atoms with Gasteiger partial charge in [0, 0.05) is 12.6 Å². The Labute approximate surface area is 182 Å². The molecule has 0 unspecified atom stereocenters. The van der Waals surface area contributed by atoms with Crippen molar-refractivity contribution in [1.29, 1.82) is 0 Å². The van der Waals surface area contributed by atoms with E-state index in [1.807, 2.05) is 12.1 Å². The molecule has 3 heteroatoms. The Morgan fingerprint density at radius 2 is 1.30 bits per heavy atom. The predicted octanol–water partition coefficient (Wildman–Crippen LogP) is 4.91. The highest BCUT2D eigenvalue weighted by Gasteiger charge is 2.50. The van der Waals surface area contributed by atoms with Crippen LogP contribution in [0.3, 0.4) is 0 Å². The molecular weight excluding hydrogens is 382 g/mol. The van der Waals surface area contributed by atoms with Crippen LogP contribution in [0.1, 0.15) is 26.3 Å². The number of nitrogens with one attached hydrogen (secondary N) is 1. The van der Waals surface area contributed by atoms with E-state index in [2.05, 4.69) is 118 Å². The first-order valence-electron chi connectivity index (χ1n) is 10.6. The topological polar surface area (TPSA) is 21.3 Å². The molecule has 3 aromatic rings. The van der Waals surface area contributed by atoms with Crippen LogP contribution in [0.5, 0.6) is 0 Å². The second kappa shape index (κ2) is 10.0. The number of hydrogen-bond acceptors (Lipinski definition) is 2. The lowest BCUT2D eigenvalue weighted by Crippen LogP contribution is -2.67. The zero-order valence-corrected chi connectivity index (χ0v) is 19.3. The molecule has 30 heavy (non-hydrogen) atoms. The maximum absolute atomic E-state index is 7.01. The van der Waals surface area contributed by atoms with Crippen molar-refractivity contribution in [2.45, 2.75) is 38.4 Å². The van der Waals surface area contributed by atoms with E-state index in [1.165, 1.54) is 15.9 Å². The molecule has 0 spiro atoms. The second-order valence-corrected chi connectivity index (χ2v) is 13.0. The predicted molar refractivity (Wildman–Crippen MR) is 131 cm³/mol. The minimum absolute atomic E-state index is 0.0269. The highest BCUT2D eigenvalue weighted by molar-refractivity contribution is 6.99. The normalized spacial score (nSPS) is 13.0. The van der Waals surface area contributed by atoms with Crippen LogP contribution in [0.25, 0.3) is 0 Å². The molecule has 0 heterocycles. The smallest absolute Gasteiger partial charge is 0.261 e. The summed E-state index contributed by atoms with van der Waals surface area (Å²) in [5.74, 6) is 0. The first kappa shape index (κ1) is 22.2. The quantitative estimate of drug-likeness (QED) is 0.396. The van der Waals surface area contributed by atoms with Crippen molar-refractivity contribution in [3.63, 3.8) is 0 Å². The molecule has 3 aromatic carbocycles. The SMILES string of the molecule is C=C[C@@H](CO[Si](c1ccccc1)(c1ccccc1)C(C)(C)C)NCc1ccccc1. The zero-order valence-electron chi connectivity index (χ0n) is 18.3. The molecule has 0 fully saturated rings. The highest BCUT2D eigenvalue weighted by Crippen LogP contribution is 2.36. The largest absolute Gasteiger partial charge is 0.405 e. The van der Waals surface area contributed by atoms with Crippen molar-refractivity contribution in [3.8, 4) is 0 Å². The van der Waals surface area contributed by atoms with Gasteiger partial charge in [0.15, 0.2) is 0 Å². The molecule has 0 bridgehead atoms. The van der Waals surface area contributed by atoms with Gasteiger partial charge in [0.25, 0.3) is 8.32 Å². The number of hydrogen-bond donors (Lipinski definition) is 1. The monoisotopic (exact) mass is 415 g/mol. The number of rotatable bonds is 9. The molecule has 2 nitrogen and oxygen atoms in total. The summed E-state index contributed by atoms with van der Waals surface area (Å²) in [5, 5.41) is 6.17. The first-order chi connectivity index (χ1) is 14.5. The van der Waals surface area contributed by atoms with Crippen LogP contribution in [0, 0.1) is 0 Å². The molecule has 156 valence electrons. The molecule has 0 saturated heterocycles. The van der Waals surface area contributed by atoms with Gasteiger partial charge in [-0.3, -0.25) is 0 Å². The van der Waals surface area contributed by atoms with Gasteiger partial charge in [-0.15, -0.1) is 6.58 Å². The molecule has 0 aliphatic carbocycles. The van der Waals surface area contributed by atoms with E-state index < -0.39 is 8.32 Å². The Kier molecular flexibility index (Phi) is 7.43. The van der Waals surface area contributed by atoms with Crippen molar-refractivity contribution >= 4 is 18.7 Å². The van der Waals surface area contributed by atoms with E-state index in [-0.39, 0.29) is 11.1 Å². The summed E-state index contributed by atoms with van der Waals surface area (Å²) in [6, 6.07) is 32.1. The third-order valence-electron chi connectivity index (χ3n) is 5.59. The van der Waals surface area contributed by atoms with Gasteiger partial charge in [-0.1, -0.05) is 118 Å². The van der Waals surface area contributed by atoms with Gasteiger partial charge >= 0.3 is 0 Å². The maximum Gasteiger partial charge on any atom is 0.261 e. The van der Waals surface area contributed by atoms with E-state index in [4.69, 9.17) is 4.43 Å². The fraction of sp³-hybridized carbons (Fsp3) is 0.259. The summed E-state index contributed by atoms with van der Waals surface area (Å²) in [7, 11) is -2.52. The average Bonchev–Trinajstić information content (AvgIpc) is 2.77. The van der Waals surface area contributed by atoms with Crippen LogP contribution >= 0.6 is 0 Å². The molecular formula is C27H33NOSi. The lowest BCUT2D eigenvalue weighted by molar-refractivity contribution is 0.269. The van der Waals surface area contributed by atoms with Crippen molar-refractivity contribution in [1.82, 2.24) is 5.32 Å². The Morgan fingerprint density at radius 3 is 1.73 bits per heavy atom. The van der Waals surface area contributed by atoms with Gasteiger partial charge in [0.2, 0.25) is 0 Å². The van der Waals surface area contributed by atoms with E-state index in [1.54, 1.807) is 0 Å². The summed E-state index contributed by atoms with van der Waals surface area (Å²) < 4.78 is 7.01. The Bertz CT molecular complexity index is 864. The fourth-order valence-electron chi connectivity index (χ4n) is 4.03. The van der Waals surface area contributed by atoms with Gasteiger partial charge in [-0.2, -0.15) is 0 Å². The first-order valence-corrected chi connectivity index (χ1v) is 12.5. The minimum Gasteiger partial charge on any atom is -0.405 e. The fourth-order valence-corrected chi connectivity index (χ4v) is 8.62. The van der Waals surface area contributed by atoms with E-state index >= 15 is 0 Å². The van der Waals surface area contributed by atoms with Crippen LogP contribution in [-0.4, -0.2) is 21.0 Å². The molecule has 0 aliphatic rings. The second-order valence-electron chi connectivity index (χ2n) is 8.68. The maximum atomic E-state index is 7.01. The standard InChI is InChI=1S/C27H33NOSi/c1-5-24(28-21-23-15-9-6-10-16-23)22-29-30(27(2,3)4,25-17-11-7-12-18-25)26-19-13-8-14-20-26/h5-20,24,28H,1,21-22H2,2-4H3/t24-/m0/s1. The van der Waals surface area contributed by atoms with Gasteiger partial charge in [0.05, 0.1) is 6.61 Å². The molecule has 1 N–H and O–H groups in total. The Balaban J connectivity index is 1.89. The Morgan fingerprint density at radius 1 is 0.833 bits per heavy atom. The average molecular weight is 416 g/mol. The summed E-state index contributed by atoms with van der Waals surface area (Å²) in [5.41, 5.74) is 1.26. The molecule has 0 amide bonds. The molecule has 0 saturated carbocycles. The summed E-state index contributed by atoms with van der Waals surface area (Å²) in [4.78, 5) is 0. The van der Waals surface area contributed by atoms with Gasteiger partial charge in [-0.05, 0) is 21.0 Å². The van der Waals surface area contributed by atoms with Gasteiger partial charge < -0.3 is 9.74 Å². The van der Waals surface area contributed by atoms with Crippen molar-refractivity contribution < 1.29 is 4.43 Å². The van der Waals surface area contributed by atoms with Crippen LogP contribution in [0.15, 0.2) is 104 Å². The molecule has 0 aliphatic heterocycles. The summed E-state index contributed by atoms with van der Waals surface area (Å²) in [6.07, 6.45) is 1.96. The number of benzene rings is 3. The Hall–Kier alpha value is -2.46. The lowest BCUT2D eigenvalue weighted by atomic mass is 10.2. The highest BCUT2D eigenvalue weighted by atomic mass is 28.4. The van der Waals surface area contributed by atoms with Gasteiger partial charge in [-0.25, -0.2) is 0 Å². The molecule has 0 radical (unpaired) electrons. The van der Waals surface area contributed by atoms with E-state index in [0.717, 1.165) is 6.54 Å². The van der Waals surface area contributed by atoms with Crippen LogP contribution in [-0.2, 0) is 11.0 Å². The van der Waals surface area contributed by atoms with Crippen LogP contribution < -0.4 is 15.7 Å². The van der Waals surface area contributed by atoms with Crippen molar-refractivity contribution in [2.24, 2.45) is 0 Å². The lowest BCUT2D eigenvalue weighted by Gasteiger charge is -2.43. The molecule has 3 rings (SSSR count). The van der Waals surface area contributed by atoms with Gasteiger partial charge in [0.1, 0.15) is 0 Å². The van der Waals surface area contributed by atoms with Crippen LogP contribution in [0.4, 0.5) is 0 Å². The van der Waals surface area contributed by atoms with Crippen LogP contribution in [0.2, 0.25) is 5.04 Å². The zero-order chi connectivity index (χ0) is 21.5. The minimum atomic E-state index is -2.52. The molecule has 0 aromatic heterocycles. The van der Waals surface area contributed by atoms with E-state index in [9.17, 15) is 0 Å². The van der Waals surface area contributed by atoms with Crippen molar-refractivity contribution in [2.75, 3.05) is 6.61 Å². The van der Waals surface area contributed by atoms with Crippen molar-refractivity contribution in [3.05, 3.63) is 109 Å². The third-order valence-corrected chi connectivity index (χ3v) is 10.6. The summed E-state index contributed by atoms with van der Waals surface area (Å²) in [6.45, 7) is 12.4. The third kappa shape index (κ3) is 4.98.